The maximum absolute atomic E-state index is 11.5. The fourth-order valence-corrected chi connectivity index (χ4v) is 2.83. The Labute approximate surface area is 151 Å². The summed E-state index contributed by atoms with van der Waals surface area (Å²) in [7, 11) is 0. The predicted molar refractivity (Wildman–Crippen MR) is 94.1 cm³/mol. The minimum atomic E-state index is -1.23. The number of nitrogens with zero attached hydrogens (tertiary/aromatic N) is 3. The van der Waals surface area contributed by atoms with Crippen LogP contribution in [-0.2, 0) is 11.2 Å². The van der Waals surface area contributed by atoms with Crippen molar-refractivity contribution in [1.82, 2.24) is 20.1 Å². The summed E-state index contributed by atoms with van der Waals surface area (Å²) in [6, 6.07) is 3.44. The van der Waals surface area contributed by atoms with Crippen LogP contribution in [0.1, 0.15) is 12.0 Å². The molecule has 0 fully saturated rings. The van der Waals surface area contributed by atoms with Crippen LogP contribution in [-0.4, -0.2) is 42.8 Å². The van der Waals surface area contributed by atoms with Crippen molar-refractivity contribution in [3.8, 4) is 11.3 Å². The van der Waals surface area contributed by atoms with E-state index in [-0.39, 0.29) is 11.1 Å². The van der Waals surface area contributed by atoms with Crippen molar-refractivity contribution >= 4 is 46.2 Å². The molecule has 0 unspecified atom stereocenters. The van der Waals surface area contributed by atoms with Gasteiger partial charge in [-0.15, -0.1) is 5.10 Å². The number of alkyl halides is 1. The molecular formula is C14H14ClIN4O3. The second kappa shape index (κ2) is 8.25. The third kappa shape index (κ3) is 4.41. The van der Waals surface area contributed by atoms with Crippen LogP contribution in [0.3, 0.4) is 0 Å². The van der Waals surface area contributed by atoms with E-state index in [9.17, 15) is 14.7 Å². The summed E-state index contributed by atoms with van der Waals surface area (Å²) in [6.07, 6.45) is 2.73. The molecule has 0 spiro atoms. The van der Waals surface area contributed by atoms with Crippen molar-refractivity contribution in [2.24, 2.45) is 0 Å². The van der Waals surface area contributed by atoms with Crippen LogP contribution in [0.5, 0.6) is 0 Å². The van der Waals surface area contributed by atoms with Crippen molar-refractivity contribution in [3.63, 3.8) is 0 Å². The van der Waals surface area contributed by atoms with Crippen LogP contribution in [0.4, 0.5) is 4.79 Å². The fourth-order valence-electron chi connectivity index (χ4n) is 2.08. The largest absolute Gasteiger partial charge is 0.463 e. The number of nitrogens with one attached hydrogen (secondary N) is 1. The highest BCUT2D eigenvalue weighted by atomic mass is 127. The van der Waals surface area contributed by atoms with E-state index in [2.05, 4.69) is 38.0 Å². The number of carbonyl (C=O) groups is 2. The van der Waals surface area contributed by atoms with Crippen LogP contribution >= 0.6 is 34.2 Å². The Bertz CT molecular complexity index is 706. The molecule has 23 heavy (non-hydrogen) atoms. The summed E-state index contributed by atoms with van der Waals surface area (Å²) in [6.45, 7) is 0.355. The highest BCUT2D eigenvalue weighted by Crippen LogP contribution is 2.29. The number of carboxylic acid groups (broad SMARTS) is 1. The van der Waals surface area contributed by atoms with Crippen LogP contribution in [0.2, 0.25) is 5.15 Å². The van der Waals surface area contributed by atoms with Gasteiger partial charge in [-0.1, -0.05) is 34.2 Å². The fraction of sp³-hybridized carbons (Fsp3) is 0.286. The van der Waals surface area contributed by atoms with E-state index in [1.807, 2.05) is 0 Å². The Morgan fingerprint density at radius 3 is 2.83 bits per heavy atom. The average Bonchev–Trinajstić information content (AvgIpc) is 2.86. The van der Waals surface area contributed by atoms with Crippen molar-refractivity contribution in [3.05, 3.63) is 35.2 Å². The summed E-state index contributed by atoms with van der Waals surface area (Å²) >= 11 is 8.22. The molecule has 2 rings (SSSR count). The third-order valence-corrected chi connectivity index (χ3v) is 3.91. The van der Waals surface area contributed by atoms with Gasteiger partial charge in [-0.25, -0.2) is 4.79 Å². The summed E-state index contributed by atoms with van der Waals surface area (Å²) in [5, 5.41) is 16.0. The zero-order chi connectivity index (χ0) is 16.8. The molecule has 9 heteroatoms. The molecule has 2 aromatic rings. The molecule has 0 atom stereocenters. The molecule has 0 bridgehead atoms. The van der Waals surface area contributed by atoms with E-state index >= 15 is 0 Å². The molecule has 2 aromatic heterocycles. The Morgan fingerprint density at radius 1 is 1.43 bits per heavy atom. The summed E-state index contributed by atoms with van der Waals surface area (Å²) in [5.41, 5.74) is 1.54. The first-order chi connectivity index (χ1) is 11.0. The van der Waals surface area contributed by atoms with Crippen molar-refractivity contribution in [1.29, 1.82) is 0 Å². The second-order valence-corrected chi connectivity index (χ2v) is 6.03. The van der Waals surface area contributed by atoms with E-state index < -0.39 is 6.09 Å². The van der Waals surface area contributed by atoms with Crippen molar-refractivity contribution < 1.29 is 14.7 Å². The predicted octanol–water partition coefficient (Wildman–Crippen LogP) is 2.61. The van der Waals surface area contributed by atoms with Gasteiger partial charge in [0.15, 0.2) is 5.15 Å². The van der Waals surface area contributed by atoms with Crippen LogP contribution in [0.25, 0.3) is 11.3 Å². The van der Waals surface area contributed by atoms with Crippen molar-refractivity contribution in [2.45, 2.75) is 12.8 Å². The molecule has 0 aliphatic heterocycles. The van der Waals surface area contributed by atoms with E-state index in [4.69, 9.17) is 11.6 Å². The van der Waals surface area contributed by atoms with Gasteiger partial charge in [0.05, 0.1) is 5.69 Å². The Balaban J connectivity index is 2.28. The molecule has 0 saturated heterocycles. The number of hydrogen-bond donors (Lipinski definition) is 2. The molecular weight excluding hydrogens is 435 g/mol. The van der Waals surface area contributed by atoms with Gasteiger partial charge >= 0.3 is 6.09 Å². The Morgan fingerprint density at radius 2 is 2.22 bits per heavy atom. The third-order valence-electron chi connectivity index (χ3n) is 3.07. The van der Waals surface area contributed by atoms with Crippen LogP contribution in [0, 0.1) is 0 Å². The average molecular weight is 449 g/mol. The Kier molecular flexibility index (Phi) is 6.34. The van der Waals surface area contributed by atoms with Gasteiger partial charge in [-0.2, -0.15) is 4.68 Å². The molecule has 0 aliphatic carbocycles. The number of amides is 1. The molecule has 1 amide bonds. The quantitative estimate of drug-likeness (QED) is 0.523. The number of halogens is 2. The maximum Gasteiger partial charge on any atom is 0.432 e. The zero-order valence-corrected chi connectivity index (χ0v) is 14.9. The zero-order valence-electron chi connectivity index (χ0n) is 12.0. The van der Waals surface area contributed by atoms with Gasteiger partial charge in [0.25, 0.3) is 0 Å². The summed E-state index contributed by atoms with van der Waals surface area (Å²) < 4.78 is 1.57. The smallest absolute Gasteiger partial charge is 0.432 e. The first kappa shape index (κ1) is 17.7. The molecule has 2 N–H and O–H groups in total. The highest BCUT2D eigenvalue weighted by Gasteiger charge is 2.21. The summed E-state index contributed by atoms with van der Waals surface area (Å²) in [4.78, 5) is 26.9. The lowest BCUT2D eigenvalue weighted by Crippen LogP contribution is -2.25. The minimum Gasteiger partial charge on any atom is -0.463 e. The van der Waals surface area contributed by atoms with Gasteiger partial charge in [0, 0.05) is 40.9 Å². The summed E-state index contributed by atoms with van der Waals surface area (Å²) in [5.74, 6) is -0.0518. The first-order valence-corrected chi connectivity index (χ1v) is 8.68. The number of pyridine rings is 1. The molecule has 0 aromatic carbocycles. The highest BCUT2D eigenvalue weighted by molar-refractivity contribution is 14.1. The SMILES string of the molecule is O=C(CCI)NCCc1c(Cl)nn(C(=O)O)c1-c1cccnc1. The number of rotatable bonds is 6. The van der Waals surface area contributed by atoms with Gasteiger partial charge in [-0.3, -0.25) is 9.78 Å². The minimum absolute atomic E-state index is 0.0518. The maximum atomic E-state index is 11.5. The molecule has 0 saturated carbocycles. The van der Waals surface area contributed by atoms with Gasteiger partial charge < -0.3 is 10.4 Å². The molecule has 0 aliphatic rings. The van der Waals surface area contributed by atoms with Crippen LogP contribution in [0.15, 0.2) is 24.5 Å². The molecule has 7 nitrogen and oxygen atoms in total. The van der Waals surface area contributed by atoms with E-state index in [1.165, 1.54) is 0 Å². The molecule has 2 heterocycles. The van der Waals surface area contributed by atoms with Gasteiger partial charge in [0.2, 0.25) is 5.91 Å². The van der Waals surface area contributed by atoms with E-state index in [1.54, 1.807) is 24.5 Å². The second-order valence-electron chi connectivity index (χ2n) is 4.59. The lowest BCUT2D eigenvalue weighted by atomic mass is 10.1. The number of carbonyl (C=O) groups excluding carboxylic acids is 1. The van der Waals surface area contributed by atoms with Crippen LogP contribution < -0.4 is 5.32 Å². The lowest BCUT2D eigenvalue weighted by Gasteiger charge is -2.07. The monoisotopic (exact) mass is 448 g/mol. The van der Waals surface area contributed by atoms with E-state index in [0.29, 0.717) is 36.2 Å². The molecule has 0 radical (unpaired) electrons. The first-order valence-electron chi connectivity index (χ1n) is 6.78. The number of aromatic nitrogens is 3. The standard InChI is InChI=1S/C14H14ClIN4O3/c15-13-10(4-7-18-11(21)3-5-16)12(20(19-13)14(22)23)9-2-1-6-17-8-9/h1-2,6,8H,3-5,7H2,(H,18,21)(H,22,23). The van der Waals surface area contributed by atoms with Gasteiger partial charge in [-0.05, 0) is 18.6 Å². The van der Waals surface area contributed by atoms with Gasteiger partial charge in [0.1, 0.15) is 0 Å². The Hall–Kier alpha value is -1.68. The number of hydrogen-bond acceptors (Lipinski definition) is 4. The normalized spacial score (nSPS) is 10.5. The molecule has 122 valence electrons. The van der Waals surface area contributed by atoms with Crippen molar-refractivity contribution in [2.75, 3.05) is 11.0 Å². The van der Waals surface area contributed by atoms with E-state index in [0.717, 1.165) is 9.11 Å². The lowest BCUT2D eigenvalue weighted by molar-refractivity contribution is -0.120. The topological polar surface area (TPSA) is 97.1 Å².